The van der Waals surface area contributed by atoms with Crippen LogP contribution in [0.2, 0.25) is 10.0 Å². The van der Waals surface area contributed by atoms with Crippen LogP contribution in [0.4, 0.5) is 18.9 Å². The number of alkyl halides is 3. The van der Waals surface area contributed by atoms with Gasteiger partial charge < -0.3 is 9.64 Å². The Bertz CT molecular complexity index is 1020. The van der Waals surface area contributed by atoms with Crippen molar-refractivity contribution in [3.8, 4) is 5.75 Å². The molecule has 2 aromatic rings. The Morgan fingerprint density at radius 2 is 1.90 bits per heavy atom. The number of hydrogen-bond donors (Lipinski definition) is 1. The van der Waals surface area contributed by atoms with E-state index in [0.29, 0.717) is 19.5 Å². The monoisotopic (exact) mass is 468 g/mol. The van der Waals surface area contributed by atoms with Crippen molar-refractivity contribution in [1.82, 2.24) is 4.90 Å². The number of nitrogens with zero attached hydrogens (tertiary/aromatic N) is 1. The summed E-state index contributed by atoms with van der Waals surface area (Å²) >= 11 is 11.7. The summed E-state index contributed by atoms with van der Waals surface area (Å²) in [4.78, 5) is 1.69. The predicted molar refractivity (Wildman–Crippen MR) is 105 cm³/mol. The third kappa shape index (κ3) is 5.28. The molecule has 0 amide bonds. The number of hydrogen-bond acceptors (Lipinski definition) is 4. The summed E-state index contributed by atoms with van der Waals surface area (Å²) in [6.45, 7) is 1.18. The molecule has 1 aliphatic heterocycles. The molecule has 0 bridgehead atoms. The lowest BCUT2D eigenvalue weighted by Gasteiger charge is -2.19. The standard InChI is InChI=1S/C18H17Cl2F3N2O3S/c1-25-7-6-13(10-25)28-16-9-12(3-4-14(16)18(21,22)23)24-29(26,27)17-5-2-11(19)8-15(17)20/h2-5,8-9,13,24H,6-7,10H2,1H3/t13-/m1/s1. The van der Waals surface area contributed by atoms with E-state index in [-0.39, 0.29) is 20.6 Å². The summed E-state index contributed by atoms with van der Waals surface area (Å²) in [5.41, 5.74) is -1.05. The first-order chi connectivity index (χ1) is 13.5. The number of likely N-dealkylation sites (tertiary alicyclic amines) is 1. The van der Waals surface area contributed by atoms with E-state index in [4.69, 9.17) is 27.9 Å². The van der Waals surface area contributed by atoms with Crippen LogP contribution in [0, 0.1) is 0 Å². The highest BCUT2D eigenvalue weighted by atomic mass is 35.5. The van der Waals surface area contributed by atoms with Crippen molar-refractivity contribution in [2.24, 2.45) is 0 Å². The molecule has 11 heteroatoms. The highest BCUT2D eigenvalue weighted by Crippen LogP contribution is 2.39. The summed E-state index contributed by atoms with van der Waals surface area (Å²) in [5, 5.41) is 0.142. The highest BCUT2D eigenvalue weighted by Gasteiger charge is 2.36. The Morgan fingerprint density at radius 1 is 1.17 bits per heavy atom. The first-order valence-electron chi connectivity index (χ1n) is 8.50. The molecule has 1 fully saturated rings. The second-order valence-electron chi connectivity index (χ2n) is 6.68. The van der Waals surface area contributed by atoms with Gasteiger partial charge in [-0.1, -0.05) is 23.2 Å². The Morgan fingerprint density at radius 3 is 2.48 bits per heavy atom. The molecule has 3 rings (SSSR count). The number of benzene rings is 2. The minimum Gasteiger partial charge on any atom is -0.488 e. The van der Waals surface area contributed by atoms with Crippen molar-refractivity contribution >= 4 is 38.9 Å². The van der Waals surface area contributed by atoms with Crippen LogP contribution in [0.3, 0.4) is 0 Å². The highest BCUT2D eigenvalue weighted by molar-refractivity contribution is 7.92. The van der Waals surface area contributed by atoms with Crippen molar-refractivity contribution in [2.45, 2.75) is 23.6 Å². The van der Waals surface area contributed by atoms with Gasteiger partial charge in [-0.2, -0.15) is 13.2 Å². The van der Waals surface area contributed by atoms with Gasteiger partial charge in [0.2, 0.25) is 0 Å². The molecule has 0 saturated carbocycles. The lowest BCUT2D eigenvalue weighted by molar-refractivity contribution is -0.139. The predicted octanol–water partition coefficient (Wildman–Crippen LogP) is 4.90. The van der Waals surface area contributed by atoms with Gasteiger partial charge >= 0.3 is 6.18 Å². The van der Waals surface area contributed by atoms with Crippen LogP contribution in [-0.2, 0) is 16.2 Å². The van der Waals surface area contributed by atoms with Crippen molar-refractivity contribution in [1.29, 1.82) is 0 Å². The molecule has 29 heavy (non-hydrogen) atoms. The van der Waals surface area contributed by atoms with E-state index in [2.05, 4.69) is 4.72 Å². The van der Waals surface area contributed by atoms with Crippen LogP contribution in [0.5, 0.6) is 5.75 Å². The van der Waals surface area contributed by atoms with E-state index in [0.717, 1.165) is 18.2 Å². The quantitative estimate of drug-likeness (QED) is 0.677. The van der Waals surface area contributed by atoms with Gasteiger partial charge in [0.25, 0.3) is 10.0 Å². The van der Waals surface area contributed by atoms with Gasteiger partial charge in [-0.3, -0.25) is 4.72 Å². The molecular weight excluding hydrogens is 452 g/mol. The summed E-state index contributed by atoms with van der Waals surface area (Å²) in [6.07, 6.45) is -4.49. The SMILES string of the molecule is CN1CC[C@@H](Oc2cc(NS(=O)(=O)c3ccc(Cl)cc3Cl)ccc2C(F)(F)F)C1. The summed E-state index contributed by atoms with van der Waals surface area (Å²) in [7, 11) is -2.31. The molecule has 1 atom stereocenters. The number of ether oxygens (including phenoxy) is 1. The molecule has 0 radical (unpaired) electrons. The Kier molecular flexibility index (Phi) is 6.24. The summed E-state index contributed by atoms with van der Waals surface area (Å²) < 4.78 is 73.1. The normalized spacial score (nSPS) is 18.1. The lowest BCUT2D eigenvalue weighted by atomic mass is 10.1. The lowest BCUT2D eigenvalue weighted by Crippen LogP contribution is -2.23. The molecule has 0 unspecified atom stereocenters. The maximum absolute atomic E-state index is 13.4. The van der Waals surface area contributed by atoms with E-state index in [1.54, 1.807) is 0 Å². The molecule has 0 aromatic heterocycles. The fourth-order valence-electron chi connectivity index (χ4n) is 2.99. The van der Waals surface area contributed by atoms with Crippen molar-refractivity contribution in [2.75, 3.05) is 24.9 Å². The van der Waals surface area contributed by atoms with Gasteiger partial charge in [0.05, 0.1) is 16.3 Å². The molecule has 158 valence electrons. The molecule has 1 saturated heterocycles. The van der Waals surface area contributed by atoms with Crippen LogP contribution in [0.15, 0.2) is 41.3 Å². The van der Waals surface area contributed by atoms with Crippen molar-refractivity contribution in [3.63, 3.8) is 0 Å². The van der Waals surface area contributed by atoms with Crippen LogP contribution in [0.1, 0.15) is 12.0 Å². The van der Waals surface area contributed by atoms with Crippen LogP contribution < -0.4 is 9.46 Å². The summed E-state index contributed by atoms with van der Waals surface area (Å²) in [5.74, 6) is -0.430. The number of nitrogens with one attached hydrogen (secondary N) is 1. The topological polar surface area (TPSA) is 58.6 Å². The summed E-state index contributed by atoms with van der Waals surface area (Å²) in [6, 6.07) is 6.66. The van der Waals surface area contributed by atoms with Crippen molar-refractivity contribution in [3.05, 3.63) is 52.0 Å². The second kappa shape index (κ2) is 8.22. The van der Waals surface area contributed by atoms with E-state index in [1.807, 2.05) is 11.9 Å². The van der Waals surface area contributed by atoms with E-state index < -0.39 is 33.6 Å². The van der Waals surface area contributed by atoms with Crippen molar-refractivity contribution < 1.29 is 26.3 Å². The average Bonchev–Trinajstić information content (AvgIpc) is 2.98. The number of likely N-dealkylation sites (N-methyl/N-ethyl adjacent to an activating group) is 1. The molecule has 2 aromatic carbocycles. The molecule has 1 aliphatic rings. The Hall–Kier alpha value is -1.68. The largest absolute Gasteiger partial charge is 0.488 e. The third-order valence-corrected chi connectivity index (χ3v) is 6.46. The Labute approximate surface area is 176 Å². The van der Waals surface area contributed by atoms with Gasteiger partial charge in [-0.25, -0.2) is 8.42 Å². The zero-order valence-electron chi connectivity index (χ0n) is 15.1. The van der Waals surface area contributed by atoms with Crippen LogP contribution in [-0.4, -0.2) is 39.6 Å². The van der Waals surface area contributed by atoms with Gasteiger partial charge in [0.15, 0.2) is 0 Å². The first-order valence-corrected chi connectivity index (χ1v) is 10.7. The Balaban J connectivity index is 1.92. The van der Waals surface area contributed by atoms with Crippen LogP contribution >= 0.6 is 23.2 Å². The minimum absolute atomic E-state index is 0.0784. The molecular formula is C18H17Cl2F3N2O3S. The fraction of sp³-hybridized carbons (Fsp3) is 0.333. The smallest absolute Gasteiger partial charge is 0.419 e. The molecule has 0 spiro atoms. The fourth-order valence-corrected chi connectivity index (χ4v) is 4.81. The van der Waals surface area contributed by atoms with Gasteiger partial charge in [0, 0.05) is 24.2 Å². The molecule has 1 heterocycles. The van der Waals surface area contributed by atoms with Crippen LogP contribution in [0.25, 0.3) is 0 Å². The zero-order valence-corrected chi connectivity index (χ0v) is 17.5. The molecule has 5 nitrogen and oxygen atoms in total. The van der Waals surface area contributed by atoms with E-state index >= 15 is 0 Å². The van der Waals surface area contributed by atoms with Gasteiger partial charge in [-0.05, 0) is 43.8 Å². The number of anilines is 1. The molecule has 1 N–H and O–H groups in total. The maximum atomic E-state index is 13.4. The molecule has 0 aliphatic carbocycles. The second-order valence-corrected chi connectivity index (χ2v) is 9.17. The van der Waals surface area contributed by atoms with E-state index in [9.17, 15) is 21.6 Å². The third-order valence-electron chi connectivity index (χ3n) is 4.36. The number of sulfonamides is 1. The first kappa shape index (κ1) is 22.0. The van der Waals surface area contributed by atoms with Gasteiger partial charge in [0.1, 0.15) is 16.7 Å². The van der Waals surface area contributed by atoms with Gasteiger partial charge in [-0.15, -0.1) is 0 Å². The zero-order chi connectivity index (χ0) is 21.4. The number of rotatable bonds is 5. The number of halogens is 5. The van der Waals surface area contributed by atoms with E-state index in [1.165, 1.54) is 18.2 Å². The minimum atomic E-state index is -4.64. The average molecular weight is 469 g/mol. The maximum Gasteiger partial charge on any atom is 0.419 e.